The Labute approximate surface area is 226 Å². The molecule has 0 radical (unpaired) electrons. The van der Waals surface area contributed by atoms with Crippen molar-refractivity contribution >= 4 is 33.6 Å². The van der Waals surface area contributed by atoms with Crippen LogP contribution in [0.2, 0.25) is 0 Å². The molecular formula is C28H33BrN4O4. The molecule has 2 heterocycles. The van der Waals surface area contributed by atoms with Crippen molar-refractivity contribution in [3.63, 3.8) is 0 Å². The van der Waals surface area contributed by atoms with Gasteiger partial charge in [0.25, 0.3) is 0 Å². The third-order valence-corrected chi connectivity index (χ3v) is 6.77. The van der Waals surface area contributed by atoms with E-state index in [1.165, 1.54) is 0 Å². The first-order valence-electron chi connectivity index (χ1n) is 12.5. The quantitative estimate of drug-likeness (QED) is 0.369. The van der Waals surface area contributed by atoms with E-state index in [9.17, 15) is 9.59 Å². The fourth-order valence-electron chi connectivity index (χ4n) is 4.16. The molecule has 8 nitrogen and oxygen atoms in total. The molecule has 0 saturated carbocycles. The Morgan fingerprint density at radius 1 is 0.946 bits per heavy atom. The number of nitrogens with zero attached hydrogens (tertiary/aromatic N) is 3. The van der Waals surface area contributed by atoms with Gasteiger partial charge in [0.2, 0.25) is 5.91 Å². The van der Waals surface area contributed by atoms with E-state index in [4.69, 9.17) is 9.15 Å². The smallest absolute Gasteiger partial charge is 0.322 e. The Kier molecular flexibility index (Phi) is 10.2. The molecule has 1 aliphatic heterocycles. The van der Waals surface area contributed by atoms with Crippen molar-refractivity contribution in [2.24, 2.45) is 0 Å². The maximum absolute atomic E-state index is 13.6. The highest BCUT2D eigenvalue weighted by Gasteiger charge is 2.23. The summed E-state index contributed by atoms with van der Waals surface area (Å²) in [5.41, 5.74) is 1.82. The molecule has 37 heavy (non-hydrogen) atoms. The van der Waals surface area contributed by atoms with Crippen LogP contribution in [0.4, 0.5) is 10.5 Å². The number of carbonyl (C=O) groups is 2. The van der Waals surface area contributed by atoms with E-state index in [1.54, 1.807) is 16.1 Å². The van der Waals surface area contributed by atoms with Crippen molar-refractivity contribution in [1.29, 1.82) is 0 Å². The van der Waals surface area contributed by atoms with Gasteiger partial charge in [-0.2, -0.15) is 0 Å². The summed E-state index contributed by atoms with van der Waals surface area (Å²) in [6, 6.07) is 20.9. The molecule has 9 heteroatoms. The predicted molar refractivity (Wildman–Crippen MR) is 146 cm³/mol. The summed E-state index contributed by atoms with van der Waals surface area (Å²) < 4.78 is 11.8. The van der Waals surface area contributed by atoms with Crippen molar-refractivity contribution in [3.05, 3.63) is 88.8 Å². The number of amides is 3. The van der Waals surface area contributed by atoms with E-state index in [-0.39, 0.29) is 18.5 Å². The van der Waals surface area contributed by atoms with Crippen LogP contribution in [-0.2, 0) is 22.5 Å². The molecule has 0 spiro atoms. The predicted octanol–water partition coefficient (Wildman–Crippen LogP) is 4.48. The van der Waals surface area contributed by atoms with Crippen molar-refractivity contribution in [2.75, 3.05) is 57.8 Å². The zero-order chi connectivity index (χ0) is 25.9. The summed E-state index contributed by atoms with van der Waals surface area (Å²) in [5.74, 6) is 0.582. The molecule has 0 bridgehead atoms. The van der Waals surface area contributed by atoms with E-state index < -0.39 is 0 Å². The second-order valence-electron chi connectivity index (χ2n) is 8.95. The van der Waals surface area contributed by atoms with Crippen LogP contribution in [0.5, 0.6) is 0 Å². The van der Waals surface area contributed by atoms with E-state index in [2.05, 4.69) is 38.3 Å². The van der Waals surface area contributed by atoms with Gasteiger partial charge in [-0.05, 0) is 42.3 Å². The van der Waals surface area contributed by atoms with Crippen LogP contribution >= 0.6 is 15.9 Å². The number of urea groups is 1. The van der Waals surface area contributed by atoms with E-state index in [0.717, 1.165) is 23.1 Å². The lowest BCUT2D eigenvalue weighted by molar-refractivity contribution is -0.132. The average molecular weight is 570 g/mol. The van der Waals surface area contributed by atoms with Gasteiger partial charge in [0, 0.05) is 42.9 Å². The molecule has 1 aromatic heterocycles. The minimum atomic E-state index is -0.305. The first-order chi connectivity index (χ1) is 18.1. The second kappa shape index (κ2) is 14.0. The first-order valence-corrected chi connectivity index (χ1v) is 13.3. The second-order valence-corrected chi connectivity index (χ2v) is 9.86. The van der Waals surface area contributed by atoms with Crippen LogP contribution in [-0.4, -0.2) is 79.1 Å². The summed E-state index contributed by atoms with van der Waals surface area (Å²) in [6.45, 7) is 4.94. The third kappa shape index (κ3) is 8.73. The van der Waals surface area contributed by atoms with Crippen molar-refractivity contribution < 1.29 is 18.7 Å². The minimum Gasteiger partial charge on any atom is -0.467 e. The van der Waals surface area contributed by atoms with Gasteiger partial charge >= 0.3 is 6.03 Å². The topological polar surface area (TPSA) is 78.3 Å². The molecule has 0 atom stereocenters. The number of carbonyl (C=O) groups excluding carboxylic acids is 2. The molecule has 0 aliphatic carbocycles. The Morgan fingerprint density at radius 3 is 2.49 bits per heavy atom. The number of nitrogens with one attached hydrogen (secondary N) is 1. The third-order valence-electron chi connectivity index (χ3n) is 6.27. The van der Waals surface area contributed by atoms with Crippen LogP contribution in [0.1, 0.15) is 11.3 Å². The standard InChI is InChI=1S/C28H33BrN4O4/c29-24-8-4-9-25(20-24)30-28(35)33(14-13-31-15-18-36-19-16-31)22-27(34)32(21-26-10-5-17-37-26)12-11-23-6-2-1-3-7-23/h1-10,17,20H,11-16,18-19,21-22H2,(H,30,35). The average Bonchev–Trinajstić information content (AvgIpc) is 3.43. The van der Waals surface area contributed by atoms with E-state index in [1.807, 2.05) is 54.6 Å². The van der Waals surface area contributed by atoms with Crippen LogP contribution < -0.4 is 5.32 Å². The Bertz CT molecular complexity index is 1120. The fourth-order valence-corrected chi connectivity index (χ4v) is 4.56. The van der Waals surface area contributed by atoms with Crippen LogP contribution in [0, 0.1) is 0 Å². The van der Waals surface area contributed by atoms with Crippen LogP contribution in [0.15, 0.2) is 81.9 Å². The Morgan fingerprint density at radius 2 is 1.76 bits per heavy atom. The summed E-state index contributed by atoms with van der Waals surface area (Å²) in [5, 5.41) is 2.94. The molecule has 1 N–H and O–H groups in total. The Balaban J connectivity index is 1.45. The van der Waals surface area contributed by atoms with E-state index >= 15 is 0 Å². The minimum absolute atomic E-state index is 0.0281. The highest BCUT2D eigenvalue weighted by Crippen LogP contribution is 2.16. The molecule has 4 rings (SSSR count). The highest BCUT2D eigenvalue weighted by molar-refractivity contribution is 9.10. The number of halogens is 1. The van der Waals surface area contributed by atoms with Crippen molar-refractivity contribution in [1.82, 2.24) is 14.7 Å². The number of furan rings is 1. The normalized spacial score (nSPS) is 13.8. The van der Waals surface area contributed by atoms with Gasteiger partial charge in [0.1, 0.15) is 12.3 Å². The van der Waals surface area contributed by atoms with Gasteiger partial charge in [-0.15, -0.1) is 0 Å². The zero-order valence-electron chi connectivity index (χ0n) is 20.9. The van der Waals surface area contributed by atoms with Gasteiger partial charge in [-0.3, -0.25) is 9.69 Å². The summed E-state index contributed by atoms with van der Waals surface area (Å²) in [4.78, 5) is 32.5. The lowest BCUT2D eigenvalue weighted by atomic mass is 10.1. The number of benzene rings is 2. The lowest BCUT2D eigenvalue weighted by Gasteiger charge is -2.31. The van der Waals surface area contributed by atoms with Gasteiger partial charge in [0.05, 0.1) is 26.0 Å². The lowest BCUT2D eigenvalue weighted by Crippen LogP contribution is -2.48. The molecule has 3 amide bonds. The summed E-state index contributed by atoms with van der Waals surface area (Å²) in [7, 11) is 0. The van der Waals surface area contributed by atoms with Crippen molar-refractivity contribution in [3.8, 4) is 0 Å². The Hall–Kier alpha value is -3.14. The number of rotatable bonds is 11. The monoisotopic (exact) mass is 568 g/mol. The largest absolute Gasteiger partial charge is 0.467 e. The van der Waals surface area contributed by atoms with Gasteiger partial charge in [-0.1, -0.05) is 52.3 Å². The van der Waals surface area contributed by atoms with Crippen LogP contribution in [0.3, 0.4) is 0 Å². The van der Waals surface area contributed by atoms with Gasteiger partial charge < -0.3 is 24.3 Å². The van der Waals surface area contributed by atoms with Gasteiger partial charge in [-0.25, -0.2) is 4.79 Å². The number of morpholine rings is 1. The molecule has 3 aromatic rings. The molecular weight excluding hydrogens is 536 g/mol. The summed E-state index contributed by atoms with van der Waals surface area (Å²) in [6.07, 6.45) is 2.32. The maximum atomic E-state index is 13.6. The van der Waals surface area contributed by atoms with Crippen molar-refractivity contribution in [2.45, 2.75) is 13.0 Å². The fraction of sp³-hybridized carbons (Fsp3) is 0.357. The molecule has 1 saturated heterocycles. The summed E-state index contributed by atoms with van der Waals surface area (Å²) >= 11 is 3.44. The molecule has 2 aromatic carbocycles. The van der Waals surface area contributed by atoms with E-state index in [0.29, 0.717) is 57.3 Å². The first kappa shape index (κ1) is 26.9. The molecule has 1 fully saturated rings. The molecule has 196 valence electrons. The molecule has 1 aliphatic rings. The maximum Gasteiger partial charge on any atom is 0.322 e. The highest BCUT2D eigenvalue weighted by atomic mass is 79.9. The number of ether oxygens (including phenoxy) is 1. The number of hydrogen-bond acceptors (Lipinski definition) is 5. The molecule has 0 unspecified atom stereocenters. The zero-order valence-corrected chi connectivity index (χ0v) is 22.4. The van der Waals surface area contributed by atoms with Gasteiger partial charge in [0.15, 0.2) is 0 Å². The van der Waals surface area contributed by atoms with Crippen LogP contribution in [0.25, 0.3) is 0 Å². The number of hydrogen-bond donors (Lipinski definition) is 1. The SMILES string of the molecule is O=C(CN(CCN1CCOCC1)C(=O)Nc1cccc(Br)c1)N(CCc1ccccc1)Cc1ccco1. The number of anilines is 1.